The van der Waals surface area contributed by atoms with Gasteiger partial charge in [0.15, 0.2) is 11.6 Å². The van der Waals surface area contributed by atoms with Crippen LogP contribution in [0.1, 0.15) is 56.4 Å². The van der Waals surface area contributed by atoms with Gasteiger partial charge in [-0.1, -0.05) is 19.3 Å². The molecule has 2 aromatic rings. The van der Waals surface area contributed by atoms with Gasteiger partial charge in [0.05, 0.1) is 11.6 Å². The van der Waals surface area contributed by atoms with Crippen molar-refractivity contribution < 1.29 is 23.2 Å². The van der Waals surface area contributed by atoms with Crippen molar-refractivity contribution in [3.8, 4) is 0 Å². The van der Waals surface area contributed by atoms with Crippen LogP contribution in [-0.4, -0.2) is 76.9 Å². The Morgan fingerprint density at radius 3 is 2.35 bits per heavy atom. The van der Waals surface area contributed by atoms with Crippen LogP contribution in [0.4, 0.5) is 8.78 Å². The number of rotatable bonds is 6. The van der Waals surface area contributed by atoms with Crippen LogP contribution in [0.3, 0.4) is 0 Å². The molecule has 0 radical (unpaired) electrons. The van der Waals surface area contributed by atoms with Gasteiger partial charge < -0.3 is 25.0 Å². The summed E-state index contributed by atoms with van der Waals surface area (Å²) >= 11 is 0. The molecule has 1 saturated carbocycles. The maximum atomic E-state index is 13.8. The Kier molecular flexibility index (Phi) is 8.16. The number of nitrogens with one attached hydrogen (secondary N) is 2. The molecule has 8 nitrogen and oxygen atoms in total. The second-order valence-corrected chi connectivity index (χ2v) is 10.4. The molecule has 202 valence electrons. The number of hydrogen-bond donors (Lipinski definition) is 2. The second-order valence-electron chi connectivity index (χ2n) is 10.4. The SMILES string of the molecule is CN[C@@H](C)C(=O)NC(C(=O)N1CCN(C(=O)c2cc3cc(F)c(F)cc3n2C)C[C@H]1C)C1CCCCC1. The van der Waals surface area contributed by atoms with Crippen LogP contribution < -0.4 is 10.6 Å². The molecule has 10 heteroatoms. The number of halogens is 2. The van der Waals surface area contributed by atoms with Crippen molar-refractivity contribution in [1.29, 1.82) is 0 Å². The average molecular weight is 518 g/mol. The summed E-state index contributed by atoms with van der Waals surface area (Å²) in [6, 6.07) is 2.51. The summed E-state index contributed by atoms with van der Waals surface area (Å²) in [4.78, 5) is 43.3. The molecule has 3 atom stereocenters. The van der Waals surface area contributed by atoms with E-state index in [9.17, 15) is 23.2 Å². The van der Waals surface area contributed by atoms with Gasteiger partial charge in [-0.05, 0) is 51.8 Å². The summed E-state index contributed by atoms with van der Waals surface area (Å²) in [5, 5.41) is 6.39. The lowest BCUT2D eigenvalue weighted by Gasteiger charge is -2.43. The maximum Gasteiger partial charge on any atom is 0.270 e. The van der Waals surface area contributed by atoms with E-state index in [2.05, 4.69) is 10.6 Å². The fourth-order valence-electron chi connectivity index (χ4n) is 5.61. The molecule has 0 bridgehead atoms. The van der Waals surface area contributed by atoms with Crippen LogP contribution in [0.5, 0.6) is 0 Å². The Hall–Kier alpha value is -3.01. The van der Waals surface area contributed by atoms with Crippen molar-refractivity contribution in [3.63, 3.8) is 0 Å². The molecule has 1 unspecified atom stereocenters. The largest absolute Gasteiger partial charge is 0.343 e. The Morgan fingerprint density at radius 1 is 1.03 bits per heavy atom. The smallest absolute Gasteiger partial charge is 0.270 e. The molecule has 2 N–H and O–H groups in total. The molecule has 2 fully saturated rings. The van der Waals surface area contributed by atoms with Gasteiger partial charge in [0, 0.05) is 44.2 Å². The van der Waals surface area contributed by atoms with Crippen molar-refractivity contribution >= 4 is 28.6 Å². The zero-order valence-corrected chi connectivity index (χ0v) is 22.0. The van der Waals surface area contributed by atoms with Crippen LogP contribution in [0.15, 0.2) is 18.2 Å². The predicted octanol–water partition coefficient (Wildman–Crippen LogP) is 2.80. The molecule has 0 spiro atoms. The average Bonchev–Trinajstić information content (AvgIpc) is 3.21. The van der Waals surface area contributed by atoms with E-state index in [1.807, 2.05) is 6.92 Å². The van der Waals surface area contributed by atoms with E-state index in [4.69, 9.17) is 0 Å². The number of benzene rings is 1. The van der Waals surface area contributed by atoms with E-state index >= 15 is 0 Å². The lowest BCUT2D eigenvalue weighted by molar-refractivity contribution is -0.142. The lowest BCUT2D eigenvalue weighted by atomic mass is 9.83. The minimum Gasteiger partial charge on any atom is -0.343 e. The van der Waals surface area contributed by atoms with E-state index in [0.29, 0.717) is 36.2 Å². The first-order valence-corrected chi connectivity index (χ1v) is 13.1. The van der Waals surface area contributed by atoms with Crippen molar-refractivity contribution in [2.45, 2.75) is 64.1 Å². The molecular weight excluding hydrogens is 480 g/mol. The number of nitrogens with zero attached hydrogens (tertiary/aromatic N) is 3. The molecule has 4 rings (SSSR count). The van der Waals surface area contributed by atoms with Gasteiger partial charge in [-0.2, -0.15) is 0 Å². The van der Waals surface area contributed by atoms with Gasteiger partial charge in [-0.15, -0.1) is 0 Å². The zero-order valence-electron chi connectivity index (χ0n) is 22.0. The van der Waals surface area contributed by atoms with Crippen molar-refractivity contribution in [2.75, 3.05) is 26.7 Å². The molecule has 1 saturated heterocycles. The highest BCUT2D eigenvalue weighted by Gasteiger charge is 2.38. The number of aryl methyl sites for hydroxylation is 1. The Morgan fingerprint density at radius 2 is 1.70 bits per heavy atom. The molecule has 1 aliphatic carbocycles. The standard InChI is InChI=1S/C27H37F2N5O3/c1-16-15-33(26(36)23-13-19-12-20(28)21(29)14-22(19)32(23)4)10-11-34(16)27(37)24(18-8-6-5-7-9-18)31-25(35)17(2)30-3/h12-14,16-18,24,30H,5-11,15H2,1-4H3,(H,31,35)/t16-,17+,24?/m1/s1. The molecule has 1 aromatic carbocycles. The third-order valence-electron chi connectivity index (χ3n) is 8.01. The van der Waals surface area contributed by atoms with Gasteiger partial charge in [-0.25, -0.2) is 8.78 Å². The number of carbonyl (C=O) groups is 3. The third kappa shape index (κ3) is 5.49. The van der Waals surface area contributed by atoms with Crippen LogP contribution in [0, 0.1) is 17.6 Å². The Balaban J connectivity index is 1.49. The van der Waals surface area contributed by atoms with Crippen molar-refractivity contribution in [1.82, 2.24) is 25.0 Å². The highest BCUT2D eigenvalue weighted by atomic mass is 19.2. The Labute approximate surface area is 216 Å². The molecular formula is C27H37F2N5O3. The third-order valence-corrected chi connectivity index (χ3v) is 8.01. The number of aromatic nitrogens is 1. The van der Waals surface area contributed by atoms with Gasteiger partial charge in [0.2, 0.25) is 11.8 Å². The summed E-state index contributed by atoms with van der Waals surface area (Å²) in [5.41, 5.74) is 0.770. The van der Waals surface area contributed by atoms with E-state index < -0.39 is 23.7 Å². The van der Waals surface area contributed by atoms with Gasteiger partial charge >= 0.3 is 0 Å². The molecule has 37 heavy (non-hydrogen) atoms. The summed E-state index contributed by atoms with van der Waals surface area (Å²) in [6.45, 7) is 4.67. The first kappa shape index (κ1) is 27.0. The van der Waals surface area contributed by atoms with E-state index in [1.165, 1.54) is 0 Å². The fourth-order valence-corrected chi connectivity index (χ4v) is 5.61. The predicted molar refractivity (Wildman–Crippen MR) is 137 cm³/mol. The maximum absolute atomic E-state index is 13.8. The van der Waals surface area contributed by atoms with Gasteiger partial charge in [0.1, 0.15) is 11.7 Å². The minimum atomic E-state index is -0.961. The first-order chi connectivity index (χ1) is 17.6. The quantitative estimate of drug-likeness (QED) is 0.617. The summed E-state index contributed by atoms with van der Waals surface area (Å²) in [6.07, 6.45) is 5.04. The molecule has 1 aromatic heterocycles. The first-order valence-electron chi connectivity index (χ1n) is 13.1. The Bertz CT molecular complexity index is 1180. The molecule has 3 amide bonds. The number of amides is 3. The second kappa shape index (κ2) is 11.2. The van der Waals surface area contributed by atoms with Crippen LogP contribution in [0.25, 0.3) is 10.9 Å². The number of likely N-dealkylation sites (N-methyl/N-ethyl adjacent to an activating group) is 1. The number of hydrogen-bond acceptors (Lipinski definition) is 4. The number of fused-ring (bicyclic) bond motifs is 1. The lowest BCUT2D eigenvalue weighted by Crippen LogP contribution is -2.62. The van der Waals surface area contributed by atoms with E-state index in [1.54, 1.807) is 41.5 Å². The van der Waals surface area contributed by atoms with Gasteiger partial charge in [-0.3, -0.25) is 14.4 Å². The highest BCUT2D eigenvalue weighted by molar-refractivity contribution is 5.99. The normalized spacial score (nSPS) is 20.6. The molecule has 2 heterocycles. The molecule has 2 aliphatic rings. The van der Waals surface area contributed by atoms with Crippen molar-refractivity contribution in [3.05, 3.63) is 35.5 Å². The summed E-state index contributed by atoms with van der Waals surface area (Å²) in [7, 11) is 3.36. The van der Waals surface area contributed by atoms with Crippen molar-refractivity contribution in [2.24, 2.45) is 13.0 Å². The van der Waals surface area contributed by atoms with Crippen LogP contribution in [-0.2, 0) is 16.6 Å². The highest BCUT2D eigenvalue weighted by Crippen LogP contribution is 2.29. The van der Waals surface area contributed by atoms with Crippen LogP contribution in [0.2, 0.25) is 0 Å². The summed E-state index contributed by atoms with van der Waals surface area (Å²) < 4.78 is 29.0. The monoisotopic (exact) mass is 517 g/mol. The molecule has 1 aliphatic heterocycles. The fraction of sp³-hybridized carbons (Fsp3) is 0.593. The zero-order chi connectivity index (χ0) is 26.9. The summed E-state index contributed by atoms with van der Waals surface area (Å²) in [5.74, 6) is -2.37. The topological polar surface area (TPSA) is 86.7 Å². The number of carbonyl (C=O) groups excluding carboxylic acids is 3. The van der Waals surface area contributed by atoms with E-state index in [-0.39, 0.29) is 29.7 Å². The minimum absolute atomic E-state index is 0.0951. The van der Waals surface area contributed by atoms with Crippen LogP contribution >= 0.6 is 0 Å². The number of piperazine rings is 1. The van der Waals surface area contributed by atoms with Gasteiger partial charge in [0.25, 0.3) is 5.91 Å². The van der Waals surface area contributed by atoms with E-state index in [0.717, 1.165) is 44.2 Å².